The Balaban J connectivity index is 1.29. The predicted octanol–water partition coefficient (Wildman–Crippen LogP) is 9.55. The maximum atomic E-state index is 2.68. The summed E-state index contributed by atoms with van der Waals surface area (Å²) < 4.78 is 0. The van der Waals surface area contributed by atoms with Crippen LogP contribution in [0.3, 0.4) is 0 Å². The van der Waals surface area contributed by atoms with Crippen LogP contribution in [0, 0.1) is 0 Å². The molecule has 4 aromatic carbocycles. The molecule has 0 spiro atoms. The van der Waals surface area contributed by atoms with Crippen molar-refractivity contribution in [3.63, 3.8) is 0 Å². The van der Waals surface area contributed by atoms with Gasteiger partial charge in [-0.1, -0.05) is 147 Å². The van der Waals surface area contributed by atoms with Crippen molar-refractivity contribution < 1.29 is 0 Å². The van der Waals surface area contributed by atoms with Crippen LogP contribution in [0.25, 0.3) is 0 Å². The molecule has 0 saturated heterocycles. The zero-order chi connectivity index (χ0) is 28.2. The standard InChI is InChI=1S/C39H50N2/c1(2-9-21-36-22-10-4-11-23-36)3-19-33-41(35-39-29-16-7-17-30-39)40(34-31-38-27-14-6-15-28-38)32-20-8-18-26-37-24-12-5-13-25-37/h4-7,10-17,22-25,27-30H,1-3,8-9,18-21,26,31-35H2. The lowest BCUT2D eigenvalue weighted by atomic mass is 10.1. The highest BCUT2D eigenvalue weighted by atomic mass is 15.6. The Morgan fingerprint density at radius 3 is 1.17 bits per heavy atom. The van der Waals surface area contributed by atoms with E-state index in [1.165, 1.54) is 86.5 Å². The number of aryl methyl sites for hydroxylation is 2. The van der Waals surface area contributed by atoms with Crippen molar-refractivity contribution in [3.05, 3.63) is 144 Å². The van der Waals surface area contributed by atoms with Gasteiger partial charge in [-0.25, -0.2) is 10.0 Å². The molecule has 41 heavy (non-hydrogen) atoms. The Hall–Kier alpha value is -3.20. The van der Waals surface area contributed by atoms with Crippen molar-refractivity contribution >= 4 is 0 Å². The molecule has 0 aromatic heterocycles. The number of hydrogen-bond donors (Lipinski definition) is 0. The first-order valence-corrected chi connectivity index (χ1v) is 16.0. The van der Waals surface area contributed by atoms with E-state index in [-0.39, 0.29) is 0 Å². The molecule has 4 rings (SSSR count). The summed E-state index contributed by atoms with van der Waals surface area (Å²) in [5.41, 5.74) is 5.77. The average molecular weight is 547 g/mol. The first-order valence-electron chi connectivity index (χ1n) is 16.0. The number of unbranched alkanes of at least 4 members (excludes halogenated alkanes) is 6. The molecule has 0 unspecified atom stereocenters. The summed E-state index contributed by atoms with van der Waals surface area (Å²) in [5, 5.41) is 5.34. The van der Waals surface area contributed by atoms with Crippen LogP contribution in [0.15, 0.2) is 121 Å². The highest BCUT2D eigenvalue weighted by Gasteiger charge is 2.16. The highest BCUT2D eigenvalue weighted by molar-refractivity contribution is 5.17. The molecule has 0 aliphatic carbocycles. The van der Waals surface area contributed by atoms with E-state index in [4.69, 9.17) is 0 Å². The van der Waals surface area contributed by atoms with E-state index in [1.807, 2.05) is 0 Å². The van der Waals surface area contributed by atoms with E-state index in [9.17, 15) is 0 Å². The third-order valence-electron chi connectivity index (χ3n) is 8.06. The summed E-state index contributed by atoms with van der Waals surface area (Å²) in [5.74, 6) is 0. The number of hydrogen-bond acceptors (Lipinski definition) is 2. The highest BCUT2D eigenvalue weighted by Crippen LogP contribution is 2.15. The van der Waals surface area contributed by atoms with Gasteiger partial charge in [0.2, 0.25) is 0 Å². The number of benzene rings is 4. The van der Waals surface area contributed by atoms with Gasteiger partial charge in [0.25, 0.3) is 0 Å². The van der Waals surface area contributed by atoms with Gasteiger partial charge in [-0.05, 0) is 67.2 Å². The van der Waals surface area contributed by atoms with Crippen molar-refractivity contribution in [1.82, 2.24) is 10.0 Å². The summed E-state index contributed by atoms with van der Waals surface area (Å²) in [7, 11) is 0. The lowest BCUT2D eigenvalue weighted by Crippen LogP contribution is -2.44. The molecule has 0 amide bonds. The Morgan fingerprint density at radius 1 is 0.293 bits per heavy atom. The van der Waals surface area contributed by atoms with Crippen molar-refractivity contribution in [2.75, 3.05) is 19.6 Å². The van der Waals surface area contributed by atoms with Gasteiger partial charge in [-0.15, -0.1) is 0 Å². The molecule has 0 N–H and O–H groups in total. The number of nitrogens with zero attached hydrogens (tertiary/aromatic N) is 2. The van der Waals surface area contributed by atoms with Crippen LogP contribution in [0.1, 0.15) is 73.6 Å². The van der Waals surface area contributed by atoms with Gasteiger partial charge >= 0.3 is 0 Å². The van der Waals surface area contributed by atoms with Gasteiger partial charge in [-0.2, -0.15) is 0 Å². The van der Waals surface area contributed by atoms with Crippen LogP contribution in [-0.2, 0) is 25.8 Å². The second kappa shape index (κ2) is 19.0. The summed E-state index contributed by atoms with van der Waals surface area (Å²) >= 11 is 0. The number of rotatable bonds is 20. The fraction of sp³-hybridized carbons (Fsp3) is 0.385. The lowest BCUT2D eigenvalue weighted by Gasteiger charge is -2.36. The molecule has 4 aromatic rings. The van der Waals surface area contributed by atoms with Crippen LogP contribution < -0.4 is 0 Å². The van der Waals surface area contributed by atoms with Crippen LogP contribution in [0.5, 0.6) is 0 Å². The van der Waals surface area contributed by atoms with E-state index >= 15 is 0 Å². The van der Waals surface area contributed by atoms with Gasteiger partial charge in [0, 0.05) is 26.2 Å². The zero-order valence-electron chi connectivity index (χ0n) is 25.0. The summed E-state index contributed by atoms with van der Waals surface area (Å²) in [6.07, 6.45) is 13.8. The molecule has 0 aliphatic heterocycles. The normalized spacial score (nSPS) is 11.4. The van der Waals surface area contributed by atoms with Crippen molar-refractivity contribution in [2.45, 2.75) is 77.2 Å². The Labute approximate surface area is 250 Å². The molecule has 0 aliphatic rings. The molecule has 216 valence electrons. The van der Waals surface area contributed by atoms with Gasteiger partial charge in [-0.3, -0.25) is 0 Å². The third-order valence-corrected chi connectivity index (χ3v) is 8.06. The maximum absolute atomic E-state index is 2.68. The van der Waals surface area contributed by atoms with Gasteiger partial charge in [0.1, 0.15) is 0 Å². The van der Waals surface area contributed by atoms with E-state index in [0.717, 1.165) is 32.6 Å². The number of hydrazine groups is 1. The average Bonchev–Trinajstić information content (AvgIpc) is 3.03. The predicted molar refractivity (Wildman–Crippen MR) is 176 cm³/mol. The minimum atomic E-state index is 0.994. The summed E-state index contributed by atoms with van der Waals surface area (Å²) in [4.78, 5) is 0. The fourth-order valence-electron chi connectivity index (χ4n) is 5.66. The second-order valence-corrected chi connectivity index (χ2v) is 11.4. The Morgan fingerprint density at radius 2 is 0.659 bits per heavy atom. The molecule has 0 saturated carbocycles. The van der Waals surface area contributed by atoms with Crippen molar-refractivity contribution in [3.8, 4) is 0 Å². The molecule has 2 heteroatoms. The van der Waals surface area contributed by atoms with Crippen LogP contribution >= 0.6 is 0 Å². The first kappa shape index (κ1) is 30.8. The van der Waals surface area contributed by atoms with E-state index in [1.54, 1.807) is 0 Å². The maximum Gasteiger partial charge on any atom is 0.0384 e. The third kappa shape index (κ3) is 12.5. The van der Waals surface area contributed by atoms with E-state index < -0.39 is 0 Å². The van der Waals surface area contributed by atoms with E-state index in [0.29, 0.717) is 0 Å². The quantitative estimate of drug-likeness (QED) is 0.0804. The van der Waals surface area contributed by atoms with E-state index in [2.05, 4.69) is 131 Å². The summed E-state index contributed by atoms with van der Waals surface area (Å²) in [6, 6.07) is 43.9. The topological polar surface area (TPSA) is 6.48 Å². The smallest absolute Gasteiger partial charge is 0.0384 e. The molecule has 0 fully saturated rings. The molecule has 0 atom stereocenters. The minimum Gasteiger partial charge on any atom is -0.241 e. The minimum absolute atomic E-state index is 0.994. The first-order chi connectivity index (χ1) is 20.4. The fourth-order valence-corrected chi connectivity index (χ4v) is 5.66. The van der Waals surface area contributed by atoms with Crippen LogP contribution in [0.2, 0.25) is 0 Å². The monoisotopic (exact) mass is 546 g/mol. The van der Waals surface area contributed by atoms with Crippen LogP contribution in [0.4, 0.5) is 0 Å². The summed E-state index contributed by atoms with van der Waals surface area (Å²) in [6.45, 7) is 4.33. The molecule has 2 nitrogen and oxygen atoms in total. The molecule has 0 heterocycles. The Bertz CT molecular complexity index is 1160. The molecular formula is C39H50N2. The van der Waals surface area contributed by atoms with Gasteiger partial charge < -0.3 is 0 Å². The molecule has 0 radical (unpaired) electrons. The SMILES string of the molecule is c1ccc(CCCCCCCN(Cc2ccccc2)N(CCCCCc2ccccc2)CCc2ccccc2)cc1. The largest absolute Gasteiger partial charge is 0.241 e. The van der Waals surface area contributed by atoms with Crippen molar-refractivity contribution in [2.24, 2.45) is 0 Å². The zero-order valence-corrected chi connectivity index (χ0v) is 25.0. The second-order valence-electron chi connectivity index (χ2n) is 11.4. The van der Waals surface area contributed by atoms with Gasteiger partial charge in [0.05, 0.1) is 0 Å². The Kier molecular flexibility index (Phi) is 14.3. The lowest BCUT2D eigenvalue weighted by molar-refractivity contribution is -0.0352. The molecular weight excluding hydrogens is 496 g/mol. The molecule has 0 bridgehead atoms. The van der Waals surface area contributed by atoms with Gasteiger partial charge in [0.15, 0.2) is 0 Å². The van der Waals surface area contributed by atoms with Crippen molar-refractivity contribution in [1.29, 1.82) is 0 Å². The van der Waals surface area contributed by atoms with Crippen LogP contribution in [-0.4, -0.2) is 29.7 Å².